The summed E-state index contributed by atoms with van der Waals surface area (Å²) in [5.41, 5.74) is 2.41. The minimum Gasteiger partial charge on any atom is -0.394 e. The molecule has 0 aliphatic rings. The van der Waals surface area contributed by atoms with Crippen LogP contribution in [0.2, 0.25) is 0 Å². The smallest absolute Gasteiger partial charge is 0.108 e. The maximum Gasteiger partial charge on any atom is 0.108 e. The van der Waals surface area contributed by atoms with Crippen LogP contribution < -0.4 is 0 Å². The minimum absolute atomic E-state index is 0.0485. The molecule has 20 heavy (non-hydrogen) atoms. The van der Waals surface area contributed by atoms with Crippen LogP contribution in [-0.4, -0.2) is 30.0 Å². The zero-order chi connectivity index (χ0) is 14.6. The molecule has 0 bridgehead atoms. The molecule has 3 nitrogen and oxygen atoms in total. The van der Waals surface area contributed by atoms with E-state index in [0.29, 0.717) is 6.61 Å². The van der Waals surface area contributed by atoms with E-state index < -0.39 is 0 Å². The Morgan fingerprint density at radius 2 is 1.20 bits per heavy atom. The Hall–Kier alpha value is -1.68. The number of aliphatic hydroxyl groups excluding tert-OH is 2. The summed E-state index contributed by atoms with van der Waals surface area (Å²) < 4.78 is 5.81. The van der Waals surface area contributed by atoms with Crippen molar-refractivity contribution in [3.8, 4) is 0 Å². The van der Waals surface area contributed by atoms with Gasteiger partial charge in [-0.1, -0.05) is 60.7 Å². The fourth-order valence-corrected chi connectivity index (χ4v) is 1.81. The fraction of sp³-hybridized carbons (Fsp3) is 0.294. The maximum absolute atomic E-state index is 7.62. The van der Waals surface area contributed by atoms with Crippen LogP contribution in [0.3, 0.4) is 0 Å². The van der Waals surface area contributed by atoms with Gasteiger partial charge in [0.25, 0.3) is 0 Å². The molecule has 2 aromatic carbocycles. The van der Waals surface area contributed by atoms with Gasteiger partial charge in [0.15, 0.2) is 0 Å². The van der Waals surface area contributed by atoms with Gasteiger partial charge in [-0.05, 0) is 18.1 Å². The van der Waals surface area contributed by atoms with Gasteiger partial charge in [0.05, 0.1) is 13.2 Å². The number of aliphatic hydroxyl groups is 2. The predicted molar refractivity (Wildman–Crippen MR) is 80.5 cm³/mol. The molecular weight excluding hydrogens is 252 g/mol. The van der Waals surface area contributed by atoms with E-state index in [1.165, 1.54) is 11.1 Å². The molecule has 3 heteroatoms. The first kappa shape index (κ1) is 16.4. The largest absolute Gasteiger partial charge is 0.394 e. The average molecular weight is 274 g/mol. The van der Waals surface area contributed by atoms with Gasteiger partial charge in [0.2, 0.25) is 0 Å². The van der Waals surface area contributed by atoms with Crippen molar-refractivity contribution in [2.75, 3.05) is 19.8 Å². The predicted octanol–water partition coefficient (Wildman–Crippen LogP) is 2.78. The molecule has 108 valence electrons. The first-order chi connectivity index (χ1) is 9.83. The molecule has 0 aliphatic heterocycles. The molecule has 0 saturated heterocycles. The molecule has 2 rings (SSSR count). The summed E-state index contributed by atoms with van der Waals surface area (Å²) >= 11 is 0. The molecule has 0 radical (unpaired) electrons. The molecule has 0 amide bonds. The van der Waals surface area contributed by atoms with E-state index >= 15 is 0 Å². The van der Waals surface area contributed by atoms with Crippen molar-refractivity contribution in [3.63, 3.8) is 0 Å². The van der Waals surface area contributed by atoms with Gasteiger partial charge in [0.1, 0.15) is 6.10 Å². The monoisotopic (exact) mass is 274 g/mol. The minimum atomic E-state index is -0.125. The summed E-state index contributed by atoms with van der Waals surface area (Å²) in [6.45, 7) is 2.49. The molecular formula is C17H22O3. The van der Waals surface area contributed by atoms with Crippen LogP contribution in [-0.2, 0) is 4.74 Å². The van der Waals surface area contributed by atoms with Crippen molar-refractivity contribution in [1.82, 2.24) is 0 Å². The lowest BCUT2D eigenvalue weighted by Crippen LogP contribution is -2.05. The molecule has 0 aliphatic carbocycles. The van der Waals surface area contributed by atoms with Gasteiger partial charge >= 0.3 is 0 Å². The highest BCUT2D eigenvalue weighted by atomic mass is 16.5. The van der Waals surface area contributed by atoms with E-state index in [0.717, 1.165) is 0 Å². The molecule has 2 aromatic rings. The van der Waals surface area contributed by atoms with E-state index in [9.17, 15) is 0 Å². The number of benzene rings is 2. The molecule has 0 saturated carbocycles. The Labute approximate surface area is 120 Å². The van der Waals surface area contributed by atoms with Gasteiger partial charge in [0, 0.05) is 6.61 Å². The van der Waals surface area contributed by atoms with E-state index in [1.807, 2.05) is 43.3 Å². The van der Waals surface area contributed by atoms with Crippen LogP contribution >= 0.6 is 0 Å². The van der Waals surface area contributed by atoms with Crippen LogP contribution in [0.15, 0.2) is 60.7 Å². The lowest BCUT2D eigenvalue weighted by Gasteiger charge is -2.17. The van der Waals surface area contributed by atoms with Gasteiger partial charge in [-0.3, -0.25) is 0 Å². The number of rotatable bonds is 5. The zero-order valence-electron chi connectivity index (χ0n) is 11.8. The highest BCUT2D eigenvalue weighted by Crippen LogP contribution is 2.25. The first-order valence-corrected chi connectivity index (χ1v) is 6.76. The maximum atomic E-state index is 7.62. The van der Waals surface area contributed by atoms with Gasteiger partial charge in [-0.25, -0.2) is 0 Å². The quantitative estimate of drug-likeness (QED) is 0.881. The van der Waals surface area contributed by atoms with E-state index in [-0.39, 0.29) is 19.3 Å². The van der Waals surface area contributed by atoms with Crippen molar-refractivity contribution in [2.24, 2.45) is 0 Å². The van der Waals surface area contributed by atoms with Gasteiger partial charge in [-0.15, -0.1) is 0 Å². The number of ether oxygens (including phenoxy) is 1. The fourth-order valence-electron chi connectivity index (χ4n) is 1.81. The van der Waals surface area contributed by atoms with Crippen molar-refractivity contribution in [1.29, 1.82) is 0 Å². The Morgan fingerprint density at radius 1 is 0.800 bits per heavy atom. The Balaban J connectivity index is 0.000000444. The van der Waals surface area contributed by atoms with Crippen molar-refractivity contribution < 1.29 is 14.9 Å². The Kier molecular flexibility index (Phi) is 8.31. The number of hydrogen-bond acceptors (Lipinski definition) is 3. The second-order valence-corrected chi connectivity index (χ2v) is 4.10. The van der Waals surface area contributed by atoms with E-state index in [4.69, 9.17) is 14.9 Å². The van der Waals surface area contributed by atoms with Gasteiger partial charge < -0.3 is 14.9 Å². The summed E-state index contributed by atoms with van der Waals surface area (Å²) in [5.74, 6) is 0. The van der Waals surface area contributed by atoms with Crippen LogP contribution in [0.25, 0.3) is 0 Å². The van der Waals surface area contributed by atoms with Crippen LogP contribution in [0.1, 0.15) is 24.2 Å². The molecule has 2 N–H and O–H groups in total. The third-order valence-corrected chi connectivity index (χ3v) is 2.64. The summed E-state index contributed by atoms with van der Waals surface area (Å²) in [7, 11) is 0. The molecule has 0 spiro atoms. The normalized spacial score (nSPS) is 10.0. The first-order valence-electron chi connectivity index (χ1n) is 6.76. The second-order valence-electron chi connectivity index (χ2n) is 4.10. The highest BCUT2D eigenvalue weighted by molar-refractivity contribution is 5.29. The average Bonchev–Trinajstić information content (AvgIpc) is 2.54. The molecule has 0 fully saturated rings. The summed E-state index contributed by atoms with van der Waals surface area (Å²) in [5, 5.41) is 15.2. The standard InChI is InChI=1S/C15H16O.C2H6O2/c1-2-16-15(13-9-5-3-6-10-13)14-11-7-4-8-12-14;3-1-2-4/h3-12,15H,2H2,1H3;3-4H,1-2H2. The van der Waals surface area contributed by atoms with E-state index in [2.05, 4.69) is 24.3 Å². The van der Waals surface area contributed by atoms with Crippen LogP contribution in [0, 0.1) is 0 Å². The van der Waals surface area contributed by atoms with Gasteiger partial charge in [-0.2, -0.15) is 0 Å². The summed E-state index contributed by atoms with van der Waals surface area (Å²) in [6, 6.07) is 20.7. The molecule has 0 unspecified atom stereocenters. The van der Waals surface area contributed by atoms with Crippen molar-refractivity contribution in [2.45, 2.75) is 13.0 Å². The lowest BCUT2D eigenvalue weighted by molar-refractivity contribution is 0.0913. The number of hydrogen-bond donors (Lipinski definition) is 2. The van der Waals surface area contributed by atoms with E-state index in [1.54, 1.807) is 0 Å². The third-order valence-electron chi connectivity index (χ3n) is 2.64. The Morgan fingerprint density at radius 3 is 1.50 bits per heavy atom. The van der Waals surface area contributed by atoms with Crippen LogP contribution in [0.4, 0.5) is 0 Å². The highest BCUT2D eigenvalue weighted by Gasteiger charge is 2.12. The van der Waals surface area contributed by atoms with Crippen molar-refractivity contribution >= 4 is 0 Å². The Bertz CT molecular complexity index is 401. The second kappa shape index (κ2) is 10.1. The van der Waals surface area contributed by atoms with Crippen molar-refractivity contribution in [3.05, 3.63) is 71.8 Å². The van der Waals surface area contributed by atoms with Crippen LogP contribution in [0.5, 0.6) is 0 Å². The SMILES string of the molecule is CCOC(c1ccccc1)c1ccccc1.OCCO. The molecule has 0 aromatic heterocycles. The summed E-state index contributed by atoms with van der Waals surface area (Å²) in [6.07, 6.45) is 0.0485. The zero-order valence-corrected chi connectivity index (χ0v) is 11.8. The topological polar surface area (TPSA) is 49.7 Å². The summed E-state index contributed by atoms with van der Waals surface area (Å²) in [4.78, 5) is 0. The molecule has 0 heterocycles. The lowest BCUT2D eigenvalue weighted by atomic mass is 10.0. The third kappa shape index (κ3) is 5.53. The molecule has 0 atom stereocenters.